The van der Waals surface area contributed by atoms with Crippen LogP contribution in [0.5, 0.6) is 0 Å². The fourth-order valence-electron chi connectivity index (χ4n) is 3.76. The number of likely N-dealkylation sites (tertiary alicyclic amines) is 1. The summed E-state index contributed by atoms with van der Waals surface area (Å²) in [4.78, 5) is 18.8. The molecular weight excluding hydrogens is 342 g/mol. The molecule has 1 fully saturated rings. The van der Waals surface area contributed by atoms with Gasteiger partial charge in [0.25, 0.3) is 0 Å². The van der Waals surface area contributed by atoms with Gasteiger partial charge in [-0.15, -0.1) is 11.3 Å². The highest BCUT2D eigenvalue weighted by Crippen LogP contribution is 2.35. The molecular formula is C20H25N5S. The molecule has 0 aromatic carbocycles. The van der Waals surface area contributed by atoms with E-state index in [-0.39, 0.29) is 0 Å². The summed E-state index contributed by atoms with van der Waals surface area (Å²) in [5.41, 5.74) is 2.24. The summed E-state index contributed by atoms with van der Waals surface area (Å²) < 4.78 is 0. The molecule has 3 aromatic rings. The molecule has 0 amide bonds. The molecule has 1 atom stereocenters. The molecule has 6 heteroatoms. The summed E-state index contributed by atoms with van der Waals surface area (Å²) in [6.07, 6.45) is 6.15. The number of pyridine rings is 1. The first kappa shape index (κ1) is 17.4. The predicted octanol–water partition coefficient (Wildman–Crippen LogP) is 4.27. The lowest BCUT2D eigenvalue weighted by atomic mass is 10.2. The molecule has 1 aliphatic heterocycles. The number of aryl methyl sites for hydroxylation is 2. The van der Waals surface area contributed by atoms with Crippen molar-refractivity contribution >= 4 is 27.4 Å². The van der Waals surface area contributed by atoms with Gasteiger partial charge in [-0.25, -0.2) is 9.97 Å². The van der Waals surface area contributed by atoms with Crippen molar-refractivity contribution in [2.45, 2.75) is 39.7 Å². The van der Waals surface area contributed by atoms with Crippen LogP contribution in [0.4, 0.5) is 5.82 Å². The number of hydrogen-bond donors (Lipinski definition) is 1. The lowest BCUT2D eigenvalue weighted by Gasteiger charge is -2.23. The molecule has 1 saturated heterocycles. The minimum Gasteiger partial charge on any atom is -0.368 e. The first-order chi connectivity index (χ1) is 12.7. The Labute approximate surface area is 158 Å². The molecule has 3 aromatic heterocycles. The standard InChI is InChI=1S/C20H25N5S/c1-4-25-10-6-8-16(25)12-22-19-17-13(2)14(3)26-20(17)24-18(23-19)15-7-5-9-21-11-15/h5,7,9,11,16H,4,6,8,10,12H2,1-3H3,(H,22,23,24)/t16-/m0/s1. The quantitative estimate of drug-likeness (QED) is 0.730. The van der Waals surface area contributed by atoms with E-state index in [0.717, 1.165) is 35.1 Å². The van der Waals surface area contributed by atoms with E-state index >= 15 is 0 Å². The van der Waals surface area contributed by atoms with Crippen LogP contribution in [0.25, 0.3) is 21.6 Å². The fraction of sp³-hybridized carbons (Fsp3) is 0.450. The van der Waals surface area contributed by atoms with E-state index in [1.165, 1.54) is 35.2 Å². The topological polar surface area (TPSA) is 53.9 Å². The van der Waals surface area contributed by atoms with Gasteiger partial charge in [-0.3, -0.25) is 9.88 Å². The zero-order valence-corrected chi connectivity index (χ0v) is 16.4. The highest BCUT2D eigenvalue weighted by molar-refractivity contribution is 7.18. The van der Waals surface area contributed by atoms with Gasteiger partial charge >= 0.3 is 0 Å². The first-order valence-electron chi connectivity index (χ1n) is 9.33. The highest BCUT2D eigenvalue weighted by atomic mass is 32.1. The molecule has 0 unspecified atom stereocenters. The van der Waals surface area contributed by atoms with Crippen LogP contribution in [0, 0.1) is 13.8 Å². The second-order valence-electron chi connectivity index (χ2n) is 6.91. The van der Waals surface area contributed by atoms with Crippen molar-refractivity contribution in [3.8, 4) is 11.4 Å². The third-order valence-corrected chi connectivity index (χ3v) is 6.46. The number of rotatable bonds is 5. The van der Waals surface area contributed by atoms with Crippen LogP contribution >= 0.6 is 11.3 Å². The summed E-state index contributed by atoms with van der Waals surface area (Å²) in [5.74, 6) is 1.70. The first-order valence-corrected chi connectivity index (χ1v) is 10.1. The molecule has 0 radical (unpaired) electrons. The van der Waals surface area contributed by atoms with E-state index in [1.54, 1.807) is 17.5 Å². The van der Waals surface area contributed by atoms with Crippen molar-refractivity contribution in [1.82, 2.24) is 19.9 Å². The smallest absolute Gasteiger partial charge is 0.164 e. The summed E-state index contributed by atoms with van der Waals surface area (Å²) in [7, 11) is 0. The number of aromatic nitrogens is 3. The number of nitrogens with one attached hydrogen (secondary N) is 1. The fourth-order valence-corrected chi connectivity index (χ4v) is 4.79. The summed E-state index contributed by atoms with van der Waals surface area (Å²) in [6.45, 7) is 9.82. The highest BCUT2D eigenvalue weighted by Gasteiger charge is 2.23. The van der Waals surface area contributed by atoms with E-state index in [1.807, 2.05) is 18.3 Å². The third-order valence-electron chi connectivity index (χ3n) is 5.36. The number of likely N-dealkylation sites (N-methyl/N-ethyl adjacent to an activating group) is 1. The molecule has 0 spiro atoms. The Morgan fingerprint density at radius 3 is 2.96 bits per heavy atom. The van der Waals surface area contributed by atoms with Crippen molar-refractivity contribution < 1.29 is 0 Å². The van der Waals surface area contributed by atoms with Gasteiger partial charge in [0.05, 0.1) is 5.39 Å². The normalized spacial score (nSPS) is 17.9. The van der Waals surface area contributed by atoms with Crippen molar-refractivity contribution in [3.05, 3.63) is 35.0 Å². The Hall–Kier alpha value is -2.05. The summed E-state index contributed by atoms with van der Waals surface area (Å²) in [5, 5.41) is 4.82. The van der Waals surface area contributed by atoms with Gasteiger partial charge in [-0.2, -0.15) is 0 Å². The zero-order chi connectivity index (χ0) is 18.1. The van der Waals surface area contributed by atoms with Gasteiger partial charge in [0, 0.05) is 35.4 Å². The Morgan fingerprint density at radius 1 is 1.31 bits per heavy atom. The van der Waals surface area contributed by atoms with Crippen LogP contribution in [-0.2, 0) is 0 Å². The van der Waals surface area contributed by atoms with E-state index in [2.05, 4.69) is 36.0 Å². The van der Waals surface area contributed by atoms with E-state index in [4.69, 9.17) is 9.97 Å². The molecule has 4 rings (SSSR count). The second kappa shape index (κ2) is 7.29. The number of nitrogens with zero attached hydrogens (tertiary/aromatic N) is 4. The van der Waals surface area contributed by atoms with Gasteiger partial charge in [0.2, 0.25) is 0 Å². The molecule has 0 aliphatic carbocycles. The Balaban J connectivity index is 1.71. The average Bonchev–Trinajstić information content (AvgIpc) is 3.24. The van der Waals surface area contributed by atoms with E-state index in [0.29, 0.717) is 6.04 Å². The Bertz CT molecular complexity index is 905. The Kier molecular flexibility index (Phi) is 4.87. The van der Waals surface area contributed by atoms with E-state index < -0.39 is 0 Å². The van der Waals surface area contributed by atoms with Crippen molar-refractivity contribution in [1.29, 1.82) is 0 Å². The molecule has 1 aliphatic rings. The van der Waals surface area contributed by atoms with Crippen LogP contribution in [0.2, 0.25) is 0 Å². The summed E-state index contributed by atoms with van der Waals surface area (Å²) in [6, 6.07) is 4.53. The monoisotopic (exact) mass is 367 g/mol. The maximum atomic E-state index is 4.88. The van der Waals surface area contributed by atoms with Crippen molar-refractivity contribution in [2.24, 2.45) is 0 Å². The van der Waals surface area contributed by atoms with Crippen LogP contribution < -0.4 is 5.32 Å². The predicted molar refractivity (Wildman–Crippen MR) is 109 cm³/mol. The maximum Gasteiger partial charge on any atom is 0.164 e. The minimum atomic E-state index is 0.590. The third kappa shape index (κ3) is 3.19. The lowest BCUT2D eigenvalue weighted by molar-refractivity contribution is 0.277. The van der Waals surface area contributed by atoms with Crippen LogP contribution in [0.1, 0.15) is 30.2 Å². The van der Waals surface area contributed by atoms with Crippen molar-refractivity contribution in [2.75, 3.05) is 25.0 Å². The van der Waals surface area contributed by atoms with Crippen LogP contribution in [0.3, 0.4) is 0 Å². The van der Waals surface area contributed by atoms with Crippen LogP contribution in [0.15, 0.2) is 24.5 Å². The van der Waals surface area contributed by atoms with Gasteiger partial charge in [-0.1, -0.05) is 6.92 Å². The largest absolute Gasteiger partial charge is 0.368 e. The minimum absolute atomic E-state index is 0.590. The Morgan fingerprint density at radius 2 is 2.19 bits per heavy atom. The average molecular weight is 368 g/mol. The maximum absolute atomic E-state index is 4.88. The SMILES string of the molecule is CCN1CCC[C@H]1CNc1nc(-c2cccnc2)nc2sc(C)c(C)c12. The van der Waals surface area contributed by atoms with Gasteiger partial charge in [-0.05, 0) is 57.5 Å². The molecule has 5 nitrogen and oxygen atoms in total. The number of anilines is 1. The summed E-state index contributed by atoms with van der Waals surface area (Å²) >= 11 is 1.74. The number of hydrogen-bond acceptors (Lipinski definition) is 6. The van der Waals surface area contributed by atoms with Gasteiger partial charge in [0.15, 0.2) is 5.82 Å². The number of fused-ring (bicyclic) bond motifs is 1. The van der Waals surface area contributed by atoms with Gasteiger partial charge < -0.3 is 5.32 Å². The van der Waals surface area contributed by atoms with Crippen molar-refractivity contribution in [3.63, 3.8) is 0 Å². The second-order valence-corrected chi connectivity index (χ2v) is 8.11. The van der Waals surface area contributed by atoms with Gasteiger partial charge in [0.1, 0.15) is 10.6 Å². The zero-order valence-electron chi connectivity index (χ0n) is 15.6. The molecule has 0 saturated carbocycles. The number of thiophene rings is 1. The molecule has 1 N–H and O–H groups in total. The molecule has 0 bridgehead atoms. The lowest BCUT2D eigenvalue weighted by Crippen LogP contribution is -2.34. The van der Waals surface area contributed by atoms with Crippen LogP contribution in [-0.4, -0.2) is 45.5 Å². The molecule has 4 heterocycles. The van der Waals surface area contributed by atoms with E-state index in [9.17, 15) is 0 Å². The molecule has 136 valence electrons. The molecule has 26 heavy (non-hydrogen) atoms.